The maximum absolute atomic E-state index is 12.3. The molecule has 1 aliphatic rings. The van der Waals surface area contributed by atoms with Crippen molar-refractivity contribution in [3.8, 4) is 0 Å². The van der Waals surface area contributed by atoms with E-state index in [4.69, 9.17) is 0 Å². The van der Waals surface area contributed by atoms with E-state index in [-0.39, 0.29) is 11.9 Å². The average molecular weight is 358 g/mol. The summed E-state index contributed by atoms with van der Waals surface area (Å²) < 4.78 is 4.13. The predicted octanol–water partition coefficient (Wildman–Crippen LogP) is 2.27. The number of nitrogens with one attached hydrogen (secondary N) is 1. The second-order valence-electron chi connectivity index (χ2n) is 7.19. The van der Waals surface area contributed by atoms with Crippen molar-refractivity contribution in [3.05, 3.63) is 35.7 Å². The fraction of sp³-hybridized carbons (Fsp3) is 0.632. The fourth-order valence-corrected chi connectivity index (χ4v) is 3.66. The minimum atomic E-state index is 0.0430. The van der Waals surface area contributed by atoms with Crippen LogP contribution in [0.5, 0.6) is 0 Å². The molecule has 26 heavy (non-hydrogen) atoms. The number of aryl methyl sites for hydroxylation is 2. The number of rotatable bonds is 7. The number of nitrogens with zero attached hydrogens (tertiary/aromatic N) is 5. The minimum absolute atomic E-state index is 0.0430. The zero-order valence-corrected chi connectivity index (χ0v) is 16.1. The molecule has 0 radical (unpaired) electrons. The summed E-state index contributed by atoms with van der Waals surface area (Å²) in [5.74, 6) is 0.973. The molecule has 142 valence electrons. The number of imidazole rings is 1. The van der Waals surface area contributed by atoms with E-state index in [2.05, 4.69) is 38.0 Å². The molecule has 0 saturated carbocycles. The monoisotopic (exact) mass is 358 g/mol. The first-order valence-corrected chi connectivity index (χ1v) is 9.61. The predicted molar refractivity (Wildman–Crippen MR) is 101 cm³/mol. The molecule has 7 nitrogen and oxygen atoms in total. The Hall–Kier alpha value is -2.15. The summed E-state index contributed by atoms with van der Waals surface area (Å²) in [7, 11) is 0. The minimum Gasteiger partial charge on any atom is -0.350 e. The van der Waals surface area contributed by atoms with Gasteiger partial charge in [0.15, 0.2) is 0 Å². The van der Waals surface area contributed by atoms with Crippen LogP contribution in [0.3, 0.4) is 0 Å². The van der Waals surface area contributed by atoms with Gasteiger partial charge in [-0.1, -0.05) is 6.92 Å². The quantitative estimate of drug-likeness (QED) is 0.824. The molecule has 1 unspecified atom stereocenters. The van der Waals surface area contributed by atoms with Gasteiger partial charge in [0, 0.05) is 44.5 Å². The van der Waals surface area contributed by atoms with Crippen molar-refractivity contribution in [1.29, 1.82) is 0 Å². The summed E-state index contributed by atoms with van der Waals surface area (Å²) in [5.41, 5.74) is 2.20. The van der Waals surface area contributed by atoms with E-state index in [9.17, 15) is 4.79 Å². The SMILES string of the molecule is CCCN1CCCn2nc(CNC(=O)CC(C)n3ccnc3C)cc2C1. The highest BCUT2D eigenvalue weighted by Gasteiger charge is 2.17. The number of fused-ring (bicyclic) bond motifs is 1. The Morgan fingerprint density at radius 3 is 2.96 bits per heavy atom. The van der Waals surface area contributed by atoms with Crippen molar-refractivity contribution in [3.63, 3.8) is 0 Å². The molecule has 0 fully saturated rings. The van der Waals surface area contributed by atoms with Crippen molar-refractivity contribution in [2.75, 3.05) is 13.1 Å². The van der Waals surface area contributed by atoms with E-state index < -0.39 is 0 Å². The van der Waals surface area contributed by atoms with Crippen LogP contribution in [0.2, 0.25) is 0 Å². The lowest BCUT2D eigenvalue weighted by molar-refractivity contribution is -0.121. The summed E-state index contributed by atoms with van der Waals surface area (Å²) in [5, 5.41) is 7.69. The van der Waals surface area contributed by atoms with Gasteiger partial charge in [0.2, 0.25) is 5.91 Å². The first kappa shape index (κ1) is 18.6. The van der Waals surface area contributed by atoms with Crippen molar-refractivity contribution in [1.82, 2.24) is 29.5 Å². The number of amides is 1. The summed E-state index contributed by atoms with van der Waals surface area (Å²) in [6.07, 6.45) is 6.43. The Kier molecular flexibility index (Phi) is 6.08. The lowest BCUT2D eigenvalue weighted by Crippen LogP contribution is -2.26. The van der Waals surface area contributed by atoms with Crippen LogP contribution < -0.4 is 5.32 Å². The standard InChI is InChI=1S/C19H30N6O/c1-4-7-23-8-5-9-25-18(14-23)12-17(22-25)13-21-19(26)11-15(2)24-10-6-20-16(24)3/h6,10,12,15H,4-5,7-9,11,13-14H2,1-3H3,(H,21,26). The highest BCUT2D eigenvalue weighted by molar-refractivity contribution is 5.76. The van der Waals surface area contributed by atoms with Crippen LogP contribution in [0.15, 0.2) is 18.5 Å². The summed E-state index contributed by atoms with van der Waals surface area (Å²) >= 11 is 0. The Morgan fingerprint density at radius 2 is 2.23 bits per heavy atom. The Labute approximate surface area is 155 Å². The zero-order valence-electron chi connectivity index (χ0n) is 16.1. The van der Waals surface area contributed by atoms with Crippen molar-refractivity contribution >= 4 is 5.91 Å². The molecule has 3 rings (SSSR count). The second kappa shape index (κ2) is 8.49. The second-order valence-corrected chi connectivity index (χ2v) is 7.19. The van der Waals surface area contributed by atoms with Gasteiger partial charge in [0.25, 0.3) is 0 Å². The van der Waals surface area contributed by atoms with E-state index >= 15 is 0 Å². The lowest BCUT2D eigenvalue weighted by Gasteiger charge is -2.17. The van der Waals surface area contributed by atoms with Gasteiger partial charge in [-0.05, 0) is 39.3 Å². The molecule has 1 amide bonds. The summed E-state index contributed by atoms with van der Waals surface area (Å²) in [6.45, 7) is 10.9. The molecule has 0 aliphatic carbocycles. The van der Waals surface area contributed by atoms with E-state index in [0.717, 1.165) is 44.1 Å². The van der Waals surface area contributed by atoms with Gasteiger partial charge in [0.1, 0.15) is 5.82 Å². The molecule has 2 aromatic rings. The Balaban J connectivity index is 1.53. The highest BCUT2D eigenvalue weighted by Crippen LogP contribution is 2.15. The number of hydrogen-bond donors (Lipinski definition) is 1. The van der Waals surface area contributed by atoms with Gasteiger partial charge in [0.05, 0.1) is 17.9 Å². The van der Waals surface area contributed by atoms with Crippen LogP contribution in [-0.2, 0) is 24.4 Å². The molecular weight excluding hydrogens is 328 g/mol. The van der Waals surface area contributed by atoms with Crippen LogP contribution >= 0.6 is 0 Å². The first-order chi connectivity index (χ1) is 12.6. The average Bonchev–Trinajstić information content (AvgIpc) is 3.15. The van der Waals surface area contributed by atoms with Gasteiger partial charge in [-0.25, -0.2) is 4.98 Å². The van der Waals surface area contributed by atoms with Crippen molar-refractivity contribution in [2.45, 2.75) is 65.7 Å². The number of carbonyl (C=O) groups excluding carboxylic acids is 1. The van der Waals surface area contributed by atoms with Crippen molar-refractivity contribution in [2.24, 2.45) is 0 Å². The molecule has 0 spiro atoms. The molecule has 3 heterocycles. The molecule has 2 aromatic heterocycles. The topological polar surface area (TPSA) is 68.0 Å². The van der Waals surface area contributed by atoms with Crippen LogP contribution in [0.1, 0.15) is 56.4 Å². The van der Waals surface area contributed by atoms with Crippen LogP contribution in [0.25, 0.3) is 0 Å². The molecule has 0 saturated heterocycles. The number of carbonyl (C=O) groups is 1. The molecule has 1 atom stereocenters. The van der Waals surface area contributed by atoms with Gasteiger partial charge >= 0.3 is 0 Å². The third-order valence-corrected chi connectivity index (χ3v) is 4.97. The normalized spacial score (nSPS) is 16.1. The molecule has 0 bridgehead atoms. The summed E-state index contributed by atoms with van der Waals surface area (Å²) in [6, 6.07) is 2.23. The molecule has 0 aromatic carbocycles. The largest absolute Gasteiger partial charge is 0.350 e. The number of hydrogen-bond acceptors (Lipinski definition) is 4. The van der Waals surface area contributed by atoms with Crippen LogP contribution in [0, 0.1) is 6.92 Å². The van der Waals surface area contributed by atoms with Crippen LogP contribution in [-0.4, -0.2) is 43.2 Å². The number of aromatic nitrogens is 4. The fourth-order valence-electron chi connectivity index (χ4n) is 3.66. The molecular formula is C19H30N6O. The van der Waals surface area contributed by atoms with Gasteiger partial charge in [-0.2, -0.15) is 5.10 Å². The molecule has 1 aliphatic heterocycles. The van der Waals surface area contributed by atoms with E-state index in [1.165, 1.54) is 12.1 Å². The van der Waals surface area contributed by atoms with E-state index in [1.807, 2.05) is 24.6 Å². The molecule has 7 heteroatoms. The molecule has 1 N–H and O–H groups in total. The maximum atomic E-state index is 12.3. The highest BCUT2D eigenvalue weighted by atomic mass is 16.1. The maximum Gasteiger partial charge on any atom is 0.222 e. The van der Waals surface area contributed by atoms with Gasteiger partial charge < -0.3 is 9.88 Å². The third-order valence-electron chi connectivity index (χ3n) is 4.97. The Bertz CT molecular complexity index is 734. The third kappa shape index (κ3) is 4.52. The first-order valence-electron chi connectivity index (χ1n) is 9.61. The van der Waals surface area contributed by atoms with Crippen molar-refractivity contribution < 1.29 is 4.79 Å². The smallest absolute Gasteiger partial charge is 0.222 e. The van der Waals surface area contributed by atoms with E-state index in [1.54, 1.807) is 6.20 Å². The Morgan fingerprint density at radius 1 is 1.38 bits per heavy atom. The van der Waals surface area contributed by atoms with Gasteiger partial charge in [-0.15, -0.1) is 0 Å². The van der Waals surface area contributed by atoms with E-state index in [0.29, 0.717) is 13.0 Å². The van der Waals surface area contributed by atoms with Crippen LogP contribution in [0.4, 0.5) is 0 Å². The van der Waals surface area contributed by atoms with Gasteiger partial charge in [-0.3, -0.25) is 14.4 Å². The summed E-state index contributed by atoms with van der Waals surface area (Å²) in [4.78, 5) is 19.0. The zero-order chi connectivity index (χ0) is 18.5. The lowest BCUT2D eigenvalue weighted by atomic mass is 10.2.